The van der Waals surface area contributed by atoms with Gasteiger partial charge in [-0.2, -0.15) is 0 Å². The minimum atomic E-state index is -0.188. The van der Waals surface area contributed by atoms with E-state index in [0.717, 1.165) is 5.56 Å². The van der Waals surface area contributed by atoms with Crippen LogP contribution in [-0.4, -0.2) is 32.5 Å². The number of rotatable bonds is 4. The molecule has 0 aliphatic carbocycles. The van der Waals surface area contributed by atoms with E-state index in [-0.39, 0.29) is 11.7 Å². The standard InChI is InChI=1S/C13H15ClN4O/c1-3-18(8-10-5-4-6-11(14)7-10)13(19)12-15-9(2)16-17-12/h4-7H,3,8H2,1-2H3,(H,15,16,17). The number of carbonyl (C=O) groups excluding carboxylic acids is 1. The third kappa shape index (κ3) is 3.32. The molecule has 0 radical (unpaired) electrons. The van der Waals surface area contributed by atoms with Crippen molar-refractivity contribution in [2.75, 3.05) is 6.54 Å². The molecule has 0 atom stereocenters. The van der Waals surface area contributed by atoms with Gasteiger partial charge in [-0.25, -0.2) is 4.98 Å². The second kappa shape index (κ2) is 5.84. The van der Waals surface area contributed by atoms with Gasteiger partial charge in [0.2, 0.25) is 5.82 Å². The molecule has 0 spiro atoms. The van der Waals surface area contributed by atoms with Crippen LogP contribution in [0.3, 0.4) is 0 Å². The second-order valence-electron chi connectivity index (χ2n) is 4.19. The van der Waals surface area contributed by atoms with Crippen LogP contribution in [0.4, 0.5) is 0 Å². The number of H-pyrrole nitrogens is 1. The van der Waals surface area contributed by atoms with Crippen molar-refractivity contribution in [1.82, 2.24) is 20.1 Å². The molecule has 0 bridgehead atoms. The van der Waals surface area contributed by atoms with Crippen LogP contribution in [0.15, 0.2) is 24.3 Å². The summed E-state index contributed by atoms with van der Waals surface area (Å²) in [7, 11) is 0. The molecule has 0 unspecified atom stereocenters. The summed E-state index contributed by atoms with van der Waals surface area (Å²) in [6.07, 6.45) is 0. The van der Waals surface area contributed by atoms with Crippen LogP contribution in [0.1, 0.15) is 28.9 Å². The minimum Gasteiger partial charge on any atom is -0.332 e. The molecule has 5 nitrogen and oxygen atoms in total. The highest BCUT2D eigenvalue weighted by Crippen LogP contribution is 2.13. The van der Waals surface area contributed by atoms with E-state index in [0.29, 0.717) is 23.9 Å². The fourth-order valence-corrected chi connectivity index (χ4v) is 1.98. The highest BCUT2D eigenvalue weighted by molar-refractivity contribution is 6.30. The molecule has 1 amide bonds. The molecule has 0 aliphatic heterocycles. The van der Waals surface area contributed by atoms with Crippen molar-refractivity contribution >= 4 is 17.5 Å². The lowest BCUT2D eigenvalue weighted by Gasteiger charge is -2.19. The quantitative estimate of drug-likeness (QED) is 0.934. The molecule has 19 heavy (non-hydrogen) atoms. The Morgan fingerprint density at radius 1 is 1.47 bits per heavy atom. The number of carbonyl (C=O) groups is 1. The van der Waals surface area contributed by atoms with Gasteiger partial charge in [0.05, 0.1) is 0 Å². The van der Waals surface area contributed by atoms with Crippen molar-refractivity contribution in [1.29, 1.82) is 0 Å². The van der Waals surface area contributed by atoms with E-state index in [9.17, 15) is 4.79 Å². The first kappa shape index (κ1) is 13.5. The Bertz CT molecular complexity index is 582. The van der Waals surface area contributed by atoms with E-state index in [4.69, 9.17) is 11.6 Å². The maximum atomic E-state index is 12.2. The lowest BCUT2D eigenvalue weighted by molar-refractivity contribution is 0.0740. The molecular weight excluding hydrogens is 264 g/mol. The van der Waals surface area contributed by atoms with Gasteiger partial charge in [-0.15, -0.1) is 5.10 Å². The summed E-state index contributed by atoms with van der Waals surface area (Å²) in [6.45, 7) is 4.75. The van der Waals surface area contributed by atoms with Gasteiger partial charge >= 0.3 is 0 Å². The predicted octanol–water partition coefficient (Wildman–Crippen LogP) is 2.43. The number of amides is 1. The molecule has 0 saturated heterocycles. The Balaban J connectivity index is 2.14. The van der Waals surface area contributed by atoms with Gasteiger partial charge in [0, 0.05) is 18.1 Å². The first-order chi connectivity index (χ1) is 9.10. The Kier molecular flexibility index (Phi) is 4.16. The fraction of sp³-hybridized carbons (Fsp3) is 0.308. The molecular formula is C13H15ClN4O. The number of hydrogen-bond acceptors (Lipinski definition) is 3. The highest BCUT2D eigenvalue weighted by Gasteiger charge is 2.18. The summed E-state index contributed by atoms with van der Waals surface area (Å²) in [5, 5.41) is 7.22. The van der Waals surface area contributed by atoms with Crippen LogP contribution in [-0.2, 0) is 6.54 Å². The SMILES string of the molecule is CCN(Cc1cccc(Cl)c1)C(=O)c1n[nH]c(C)n1. The van der Waals surface area contributed by atoms with Crippen molar-refractivity contribution in [3.63, 3.8) is 0 Å². The first-order valence-electron chi connectivity index (χ1n) is 6.03. The predicted molar refractivity (Wildman–Crippen MR) is 73.0 cm³/mol. The van der Waals surface area contributed by atoms with Gasteiger partial charge in [0.25, 0.3) is 5.91 Å². The summed E-state index contributed by atoms with van der Waals surface area (Å²) >= 11 is 5.94. The summed E-state index contributed by atoms with van der Waals surface area (Å²) < 4.78 is 0. The molecule has 1 N–H and O–H groups in total. The number of aryl methyl sites for hydroxylation is 1. The smallest absolute Gasteiger partial charge is 0.293 e. The zero-order valence-corrected chi connectivity index (χ0v) is 11.6. The Morgan fingerprint density at radius 2 is 2.26 bits per heavy atom. The molecule has 0 aliphatic rings. The summed E-state index contributed by atoms with van der Waals surface area (Å²) in [6, 6.07) is 7.46. The van der Waals surface area contributed by atoms with E-state index in [1.54, 1.807) is 11.8 Å². The van der Waals surface area contributed by atoms with E-state index >= 15 is 0 Å². The molecule has 1 heterocycles. The molecule has 100 valence electrons. The molecule has 0 saturated carbocycles. The average molecular weight is 279 g/mol. The Morgan fingerprint density at radius 3 is 2.84 bits per heavy atom. The van der Waals surface area contributed by atoms with E-state index in [1.807, 2.05) is 31.2 Å². The zero-order valence-electron chi connectivity index (χ0n) is 10.9. The second-order valence-corrected chi connectivity index (χ2v) is 4.63. The molecule has 1 aromatic carbocycles. The normalized spacial score (nSPS) is 10.5. The summed E-state index contributed by atoms with van der Waals surface area (Å²) in [5.74, 6) is 0.635. The van der Waals surface area contributed by atoms with Crippen molar-refractivity contribution in [2.45, 2.75) is 20.4 Å². The van der Waals surface area contributed by atoms with Crippen LogP contribution in [0.2, 0.25) is 5.02 Å². The van der Waals surface area contributed by atoms with Crippen molar-refractivity contribution in [3.8, 4) is 0 Å². The van der Waals surface area contributed by atoms with E-state index in [1.165, 1.54) is 0 Å². The third-order valence-electron chi connectivity index (χ3n) is 2.72. The molecule has 6 heteroatoms. The zero-order chi connectivity index (χ0) is 13.8. The van der Waals surface area contributed by atoms with Gasteiger partial charge < -0.3 is 4.90 Å². The van der Waals surface area contributed by atoms with Gasteiger partial charge in [0.15, 0.2) is 0 Å². The number of benzene rings is 1. The number of nitrogens with one attached hydrogen (secondary N) is 1. The summed E-state index contributed by atoms with van der Waals surface area (Å²) in [5.41, 5.74) is 0.981. The fourth-order valence-electron chi connectivity index (χ4n) is 1.76. The molecule has 1 aromatic heterocycles. The molecule has 2 aromatic rings. The number of halogens is 1. The van der Waals surface area contributed by atoms with Crippen LogP contribution < -0.4 is 0 Å². The van der Waals surface area contributed by atoms with Gasteiger partial charge in [-0.05, 0) is 31.5 Å². The lowest BCUT2D eigenvalue weighted by atomic mass is 10.2. The third-order valence-corrected chi connectivity index (χ3v) is 2.95. The van der Waals surface area contributed by atoms with Crippen molar-refractivity contribution in [2.24, 2.45) is 0 Å². The van der Waals surface area contributed by atoms with Gasteiger partial charge in [0.1, 0.15) is 5.82 Å². The molecule has 0 fully saturated rings. The highest BCUT2D eigenvalue weighted by atomic mass is 35.5. The number of aromatic nitrogens is 3. The van der Waals surface area contributed by atoms with Crippen LogP contribution in [0, 0.1) is 6.92 Å². The van der Waals surface area contributed by atoms with E-state index < -0.39 is 0 Å². The Hall–Kier alpha value is -1.88. The van der Waals surface area contributed by atoms with Crippen LogP contribution in [0.5, 0.6) is 0 Å². The van der Waals surface area contributed by atoms with Crippen molar-refractivity contribution in [3.05, 3.63) is 46.5 Å². The Labute approximate surface area is 116 Å². The monoisotopic (exact) mass is 278 g/mol. The van der Waals surface area contributed by atoms with Gasteiger partial charge in [-0.1, -0.05) is 23.7 Å². The maximum Gasteiger partial charge on any atom is 0.293 e. The number of aromatic amines is 1. The minimum absolute atomic E-state index is 0.188. The average Bonchev–Trinajstić information content (AvgIpc) is 2.82. The van der Waals surface area contributed by atoms with Gasteiger partial charge in [-0.3, -0.25) is 9.89 Å². The van der Waals surface area contributed by atoms with Crippen molar-refractivity contribution < 1.29 is 4.79 Å². The maximum absolute atomic E-state index is 12.2. The number of nitrogens with zero attached hydrogens (tertiary/aromatic N) is 3. The lowest BCUT2D eigenvalue weighted by Crippen LogP contribution is -2.31. The molecule has 2 rings (SSSR count). The summed E-state index contributed by atoms with van der Waals surface area (Å²) in [4.78, 5) is 18.0. The van der Waals surface area contributed by atoms with Crippen LogP contribution in [0.25, 0.3) is 0 Å². The first-order valence-corrected chi connectivity index (χ1v) is 6.40. The topological polar surface area (TPSA) is 61.9 Å². The number of hydrogen-bond donors (Lipinski definition) is 1. The van der Waals surface area contributed by atoms with Crippen LogP contribution >= 0.6 is 11.6 Å². The van der Waals surface area contributed by atoms with E-state index in [2.05, 4.69) is 15.2 Å². The largest absolute Gasteiger partial charge is 0.332 e.